The van der Waals surface area contributed by atoms with Gasteiger partial charge in [-0.1, -0.05) is 0 Å². The van der Waals surface area contributed by atoms with E-state index in [1.165, 1.54) is 17.4 Å². The highest BCUT2D eigenvalue weighted by molar-refractivity contribution is 7.89. The van der Waals surface area contributed by atoms with Gasteiger partial charge in [-0.05, 0) is 26.1 Å². The molecule has 2 aromatic heterocycles. The third kappa shape index (κ3) is 3.89. The number of sulfonamides is 1. The zero-order valence-corrected chi connectivity index (χ0v) is 13.0. The van der Waals surface area contributed by atoms with Crippen LogP contribution in [0.2, 0.25) is 0 Å². The Balaban J connectivity index is 1.92. The zero-order valence-electron chi connectivity index (χ0n) is 11.3. The summed E-state index contributed by atoms with van der Waals surface area (Å²) >= 11 is 1.53. The molecule has 0 aliphatic carbocycles. The second-order valence-electron chi connectivity index (χ2n) is 4.28. The van der Waals surface area contributed by atoms with Gasteiger partial charge in [-0.25, -0.2) is 18.1 Å². The summed E-state index contributed by atoms with van der Waals surface area (Å²) in [5.74, 6) is 0.587. The van der Waals surface area contributed by atoms with E-state index < -0.39 is 10.0 Å². The smallest absolute Gasteiger partial charge is 0.273 e. The lowest BCUT2D eigenvalue weighted by Crippen LogP contribution is -2.25. The summed E-state index contributed by atoms with van der Waals surface area (Å²) in [7, 11) is -1.82. The third-order valence-corrected chi connectivity index (χ3v) is 4.91. The minimum Gasteiger partial charge on any atom is -0.447 e. The maximum absolute atomic E-state index is 12.0. The van der Waals surface area contributed by atoms with Crippen LogP contribution in [0.15, 0.2) is 27.0 Å². The van der Waals surface area contributed by atoms with Gasteiger partial charge in [-0.3, -0.25) is 0 Å². The molecule has 0 aliphatic heterocycles. The van der Waals surface area contributed by atoms with Gasteiger partial charge >= 0.3 is 0 Å². The van der Waals surface area contributed by atoms with Gasteiger partial charge in [0.15, 0.2) is 0 Å². The number of furan rings is 1. The second kappa shape index (κ2) is 6.49. The highest BCUT2D eigenvalue weighted by atomic mass is 32.2. The Labute approximate surface area is 122 Å². The Morgan fingerprint density at radius 1 is 1.40 bits per heavy atom. The lowest BCUT2D eigenvalue weighted by atomic mass is 10.4. The lowest BCUT2D eigenvalue weighted by Gasteiger charge is -2.02. The van der Waals surface area contributed by atoms with E-state index in [1.807, 2.05) is 12.3 Å². The highest BCUT2D eigenvalue weighted by Gasteiger charge is 2.18. The largest absolute Gasteiger partial charge is 0.447 e. The molecule has 0 fully saturated rings. The summed E-state index contributed by atoms with van der Waals surface area (Å²) < 4.78 is 31.8. The van der Waals surface area contributed by atoms with Crippen LogP contribution in [0.5, 0.6) is 0 Å². The molecule has 2 N–H and O–H groups in total. The molecule has 110 valence electrons. The minimum absolute atomic E-state index is 0.0573. The number of nitrogens with zero attached hydrogens (tertiary/aromatic N) is 1. The first-order valence-corrected chi connectivity index (χ1v) is 8.51. The van der Waals surface area contributed by atoms with Gasteiger partial charge in [-0.15, -0.1) is 11.3 Å². The summed E-state index contributed by atoms with van der Waals surface area (Å²) in [5, 5.41) is 5.70. The van der Waals surface area contributed by atoms with E-state index in [4.69, 9.17) is 4.42 Å². The number of thiazole rings is 1. The molecule has 0 spiro atoms. The Hall–Kier alpha value is -1.22. The standard InChI is InChI=1S/C12H17N3O3S2/c1-9-8-19-11(15-9)5-6-14-20(16,17)12-4-3-10(18-12)7-13-2/h3-4,8,13-14H,5-7H2,1-2H3. The molecule has 0 aromatic carbocycles. The van der Waals surface area contributed by atoms with Crippen molar-refractivity contribution in [3.8, 4) is 0 Å². The van der Waals surface area contributed by atoms with Crippen molar-refractivity contribution in [2.24, 2.45) is 0 Å². The van der Waals surface area contributed by atoms with Crippen LogP contribution in [0.3, 0.4) is 0 Å². The Bertz CT molecular complexity index is 661. The van der Waals surface area contributed by atoms with Crippen LogP contribution in [-0.2, 0) is 23.0 Å². The molecular formula is C12H17N3O3S2. The summed E-state index contributed by atoms with van der Waals surface area (Å²) in [6.45, 7) is 2.71. The molecule has 2 aromatic rings. The van der Waals surface area contributed by atoms with Gasteiger partial charge in [0.1, 0.15) is 5.76 Å². The molecule has 0 saturated carbocycles. The minimum atomic E-state index is -3.59. The van der Waals surface area contributed by atoms with Crippen molar-refractivity contribution in [1.82, 2.24) is 15.0 Å². The number of hydrogen-bond donors (Lipinski definition) is 2. The van der Waals surface area contributed by atoms with E-state index in [0.29, 0.717) is 25.3 Å². The summed E-state index contributed by atoms with van der Waals surface area (Å²) in [5.41, 5.74) is 0.954. The number of nitrogens with one attached hydrogen (secondary N) is 2. The van der Waals surface area contributed by atoms with E-state index in [0.717, 1.165) is 10.7 Å². The first-order chi connectivity index (χ1) is 9.51. The first kappa shape index (κ1) is 15.2. The van der Waals surface area contributed by atoms with E-state index in [-0.39, 0.29) is 5.09 Å². The van der Waals surface area contributed by atoms with Gasteiger partial charge in [-0.2, -0.15) is 0 Å². The number of aromatic nitrogens is 1. The van der Waals surface area contributed by atoms with Crippen LogP contribution in [0, 0.1) is 6.92 Å². The summed E-state index contributed by atoms with van der Waals surface area (Å²) in [6, 6.07) is 3.11. The Kier molecular flexibility index (Phi) is 4.92. The van der Waals surface area contributed by atoms with Crippen molar-refractivity contribution < 1.29 is 12.8 Å². The van der Waals surface area contributed by atoms with Gasteiger partial charge < -0.3 is 9.73 Å². The molecule has 0 saturated heterocycles. The Morgan fingerprint density at radius 2 is 2.20 bits per heavy atom. The SMILES string of the molecule is CNCc1ccc(S(=O)(=O)NCCc2nc(C)cs2)o1. The highest BCUT2D eigenvalue weighted by Crippen LogP contribution is 2.14. The van der Waals surface area contributed by atoms with Crippen molar-refractivity contribution in [1.29, 1.82) is 0 Å². The molecule has 0 amide bonds. The van der Waals surface area contributed by atoms with Gasteiger partial charge in [0.2, 0.25) is 5.09 Å². The van der Waals surface area contributed by atoms with Crippen molar-refractivity contribution in [2.45, 2.75) is 25.0 Å². The number of rotatable bonds is 7. The molecule has 0 atom stereocenters. The summed E-state index contributed by atoms with van der Waals surface area (Å²) in [6.07, 6.45) is 0.571. The molecule has 2 rings (SSSR count). The third-order valence-electron chi connectivity index (χ3n) is 2.55. The lowest BCUT2D eigenvalue weighted by molar-refractivity contribution is 0.404. The summed E-state index contributed by atoms with van der Waals surface area (Å²) in [4.78, 5) is 4.28. The normalized spacial score (nSPS) is 11.9. The fourth-order valence-corrected chi connectivity index (χ4v) is 3.41. The molecule has 0 aliphatic rings. The van der Waals surface area contributed by atoms with Gasteiger partial charge in [0, 0.05) is 24.0 Å². The van der Waals surface area contributed by atoms with Crippen molar-refractivity contribution in [2.75, 3.05) is 13.6 Å². The first-order valence-electron chi connectivity index (χ1n) is 6.15. The number of aryl methyl sites for hydroxylation is 1. The van der Waals surface area contributed by atoms with Crippen LogP contribution in [0.1, 0.15) is 16.5 Å². The molecule has 0 unspecified atom stereocenters. The fraction of sp³-hybridized carbons (Fsp3) is 0.417. The predicted octanol–water partition coefficient (Wildman–Crippen LogP) is 1.28. The molecule has 20 heavy (non-hydrogen) atoms. The van der Waals surface area contributed by atoms with Crippen LogP contribution < -0.4 is 10.0 Å². The van der Waals surface area contributed by atoms with Crippen LogP contribution in [0.25, 0.3) is 0 Å². The fourth-order valence-electron chi connectivity index (χ4n) is 1.65. The van der Waals surface area contributed by atoms with Crippen molar-refractivity contribution >= 4 is 21.4 Å². The molecule has 0 radical (unpaired) electrons. The van der Waals surface area contributed by atoms with E-state index in [9.17, 15) is 8.42 Å². The number of hydrogen-bond acceptors (Lipinski definition) is 6. The zero-order chi connectivity index (χ0) is 14.6. The molecular weight excluding hydrogens is 298 g/mol. The second-order valence-corrected chi connectivity index (χ2v) is 6.92. The maximum Gasteiger partial charge on any atom is 0.273 e. The Morgan fingerprint density at radius 3 is 2.85 bits per heavy atom. The van der Waals surface area contributed by atoms with Gasteiger partial charge in [0.05, 0.1) is 11.6 Å². The van der Waals surface area contributed by atoms with Crippen LogP contribution >= 0.6 is 11.3 Å². The van der Waals surface area contributed by atoms with E-state index >= 15 is 0 Å². The molecule has 2 heterocycles. The molecule has 6 nitrogen and oxygen atoms in total. The van der Waals surface area contributed by atoms with Crippen molar-refractivity contribution in [3.63, 3.8) is 0 Å². The van der Waals surface area contributed by atoms with E-state index in [2.05, 4.69) is 15.0 Å². The molecule has 8 heteroatoms. The topological polar surface area (TPSA) is 84.2 Å². The quantitative estimate of drug-likeness (QED) is 0.804. The average molecular weight is 315 g/mol. The molecule has 0 bridgehead atoms. The predicted molar refractivity (Wildman–Crippen MR) is 77.2 cm³/mol. The average Bonchev–Trinajstić information content (AvgIpc) is 2.99. The van der Waals surface area contributed by atoms with E-state index in [1.54, 1.807) is 13.1 Å². The van der Waals surface area contributed by atoms with Crippen LogP contribution in [-0.4, -0.2) is 27.0 Å². The van der Waals surface area contributed by atoms with Gasteiger partial charge in [0.25, 0.3) is 10.0 Å². The maximum atomic E-state index is 12.0. The van der Waals surface area contributed by atoms with Crippen LogP contribution in [0.4, 0.5) is 0 Å². The van der Waals surface area contributed by atoms with Crippen molar-refractivity contribution in [3.05, 3.63) is 34.0 Å². The monoisotopic (exact) mass is 315 g/mol.